The Balaban J connectivity index is 0.000000516. The summed E-state index contributed by atoms with van der Waals surface area (Å²) < 4.78 is 9.82. The van der Waals surface area contributed by atoms with Gasteiger partial charge in [0, 0.05) is 58.3 Å². The number of rotatable bonds is 10. The summed E-state index contributed by atoms with van der Waals surface area (Å²) >= 11 is 0. The maximum absolute atomic E-state index is 11.0. The lowest BCUT2D eigenvalue weighted by Gasteiger charge is -2.49. The second-order valence-electron chi connectivity index (χ2n) is 8.38. The van der Waals surface area contributed by atoms with Gasteiger partial charge < -0.3 is 24.4 Å². The van der Waals surface area contributed by atoms with Crippen LogP contribution in [0, 0.1) is 10.3 Å². The van der Waals surface area contributed by atoms with Gasteiger partial charge in [0.25, 0.3) is 0 Å². The molecule has 9 heteroatoms. The third-order valence-electron chi connectivity index (χ3n) is 5.30. The fraction of sp³-hybridized carbons (Fsp3) is 0.955. The fourth-order valence-electron chi connectivity index (χ4n) is 3.65. The number of aliphatic hydroxyl groups is 1. The van der Waals surface area contributed by atoms with Gasteiger partial charge in [-0.3, -0.25) is 4.90 Å². The number of likely N-dealkylation sites (N-methyl/N-ethyl adjacent to an activating group) is 1. The van der Waals surface area contributed by atoms with E-state index >= 15 is 0 Å². The predicted octanol–water partition coefficient (Wildman–Crippen LogP) is 2.67. The van der Waals surface area contributed by atoms with Gasteiger partial charge in [0.1, 0.15) is 0 Å². The Labute approximate surface area is 189 Å². The maximum atomic E-state index is 11.0. The van der Waals surface area contributed by atoms with Crippen molar-refractivity contribution in [1.29, 1.82) is 0 Å². The zero-order valence-electron chi connectivity index (χ0n) is 20.5. The highest BCUT2D eigenvalue weighted by Crippen LogP contribution is 2.34. The Kier molecular flexibility index (Phi) is 17.5. The lowest BCUT2D eigenvalue weighted by atomic mass is 9.77. The number of aliphatic hydroxyl groups excluding tert-OH is 1. The van der Waals surface area contributed by atoms with Gasteiger partial charge in [-0.1, -0.05) is 38.8 Å². The van der Waals surface area contributed by atoms with Crippen LogP contribution in [0.5, 0.6) is 0 Å². The SMILES string of the molecule is CCC.CCCC1(CO)CN(CCCN=O)C1.COC(=O)N(C)CCN1CCOCC1. The van der Waals surface area contributed by atoms with Crippen molar-refractivity contribution in [2.24, 2.45) is 10.6 Å². The van der Waals surface area contributed by atoms with E-state index in [4.69, 9.17) is 4.74 Å². The number of nitrogens with zero attached hydrogens (tertiary/aromatic N) is 4. The molecular weight excluding hydrogens is 400 g/mol. The zero-order chi connectivity index (χ0) is 23.5. The van der Waals surface area contributed by atoms with Gasteiger partial charge in [-0.2, -0.15) is 4.91 Å². The summed E-state index contributed by atoms with van der Waals surface area (Å²) in [6.07, 6.45) is 4.05. The van der Waals surface area contributed by atoms with E-state index in [1.54, 1.807) is 11.9 Å². The second-order valence-corrected chi connectivity index (χ2v) is 8.38. The van der Waals surface area contributed by atoms with Gasteiger partial charge in [-0.15, -0.1) is 0 Å². The van der Waals surface area contributed by atoms with Crippen molar-refractivity contribution < 1.29 is 19.4 Å². The van der Waals surface area contributed by atoms with Gasteiger partial charge >= 0.3 is 6.09 Å². The highest BCUT2D eigenvalue weighted by molar-refractivity contribution is 5.66. The molecule has 2 heterocycles. The van der Waals surface area contributed by atoms with Crippen LogP contribution in [-0.4, -0.2) is 112 Å². The van der Waals surface area contributed by atoms with Crippen molar-refractivity contribution in [2.45, 2.75) is 46.5 Å². The summed E-state index contributed by atoms with van der Waals surface area (Å²) in [5.74, 6) is 0. The molecule has 184 valence electrons. The molecule has 0 bridgehead atoms. The van der Waals surface area contributed by atoms with E-state index < -0.39 is 0 Å². The fourth-order valence-corrected chi connectivity index (χ4v) is 3.65. The van der Waals surface area contributed by atoms with Crippen LogP contribution in [0.3, 0.4) is 0 Å². The minimum atomic E-state index is -0.279. The Hall–Kier alpha value is -1.29. The average Bonchev–Trinajstić information content (AvgIpc) is 2.76. The lowest BCUT2D eigenvalue weighted by Crippen LogP contribution is -2.58. The normalized spacial score (nSPS) is 17.9. The van der Waals surface area contributed by atoms with Crippen LogP contribution in [0.4, 0.5) is 4.79 Å². The summed E-state index contributed by atoms with van der Waals surface area (Å²) in [6.45, 7) is 15.1. The van der Waals surface area contributed by atoms with Gasteiger partial charge in [0.2, 0.25) is 0 Å². The first-order valence-electron chi connectivity index (χ1n) is 11.6. The minimum absolute atomic E-state index is 0.156. The molecular formula is C22H46N4O5. The molecule has 2 rings (SSSR count). The molecule has 0 unspecified atom stereocenters. The van der Waals surface area contributed by atoms with E-state index in [9.17, 15) is 14.8 Å². The standard InChI is InChI=1S/C10H20N2O2.C9H18N2O3.C3H8/c1-2-4-10(9-13)7-12(8-10)6-3-5-11-14;1-10(9(12)13-2)3-4-11-5-7-14-8-6-11;1-3-2/h13H,2-9H2,1H3;3-8H2,1-2H3;3H2,1-2H3. The molecule has 0 aliphatic carbocycles. The first-order chi connectivity index (χ1) is 14.9. The first kappa shape index (κ1) is 29.7. The van der Waals surface area contributed by atoms with Gasteiger partial charge in [-0.25, -0.2) is 4.79 Å². The van der Waals surface area contributed by atoms with Gasteiger partial charge in [-0.05, 0) is 12.8 Å². The summed E-state index contributed by atoms with van der Waals surface area (Å²) in [7, 11) is 3.14. The van der Waals surface area contributed by atoms with Crippen LogP contribution in [0.2, 0.25) is 0 Å². The molecule has 31 heavy (non-hydrogen) atoms. The van der Waals surface area contributed by atoms with Crippen LogP contribution in [-0.2, 0) is 9.47 Å². The van der Waals surface area contributed by atoms with Crippen molar-refractivity contribution in [1.82, 2.24) is 14.7 Å². The van der Waals surface area contributed by atoms with Crippen molar-refractivity contribution in [2.75, 3.05) is 86.3 Å². The van der Waals surface area contributed by atoms with Gasteiger partial charge in [0.05, 0.1) is 33.5 Å². The second kappa shape index (κ2) is 18.3. The summed E-state index contributed by atoms with van der Waals surface area (Å²) in [4.78, 5) is 27.1. The molecule has 0 spiro atoms. The van der Waals surface area contributed by atoms with Crippen molar-refractivity contribution >= 4 is 6.09 Å². The Bertz CT molecular complexity index is 455. The Morgan fingerprint density at radius 2 is 1.77 bits per heavy atom. The van der Waals surface area contributed by atoms with E-state index in [0.717, 1.165) is 71.7 Å². The molecule has 2 saturated heterocycles. The molecule has 0 aromatic carbocycles. The number of carbonyl (C=O) groups is 1. The van der Waals surface area contributed by atoms with Crippen LogP contribution in [0.15, 0.2) is 5.18 Å². The Morgan fingerprint density at radius 1 is 1.16 bits per heavy atom. The van der Waals surface area contributed by atoms with Gasteiger partial charge in [0.15, 0.2) is 0 Å². The summed E-state index contributed by atoms with van der Waals surface area (Å²) in [6, 6.07) is 0. The number of carbonyl (C=O) groups excluding carboxylic acids is 1. The van der Waals surface area contributed by atoms with Crippen LogP contribution in [0.1, 0.15) is 46.5 Å². The smallest absolute Gasteiger partial charge is 0.409 e. The largest absolute Gasteiger partial charge is 0.453 e. The number of morpholine rings is 1. The molecule has 0 atom stereocenters. The first-order valence-corrected chi connectivity index (χ1v) is 11.6. The molecule has 0 aromatic heterocycles. The number of methoxy groups -OCH3 is 1. The number of hydrogen-bond donors (Lipinski definition) is 1. The van der Waals surface area contributed by atoms with Crippen LogP contribution >= 0.6 is 0 Å². The summed E-state index contributed by atoms with van der Waals surface area (Å²) in [5, 5.41) is 12.1. The van der Waals surface area contributed by atoms with Crippen molar-refractivity contribution in [3.63, 3.8) is 0 Å². The van der Waals surface area contributed by atoms with Crippen molar-refractivity contribution in [3.8, 4) is 0 Å². The molecule has 9 nitrogen and oxygen atoms in total. The molecule has 1 amide bonds. The van der Waals surface area contributed by atoms with Crippen LogP contribution in [0.25, 0.3) is 0 Å². The molecule has 0 aromatic rings. The lowest BCUT2D eigenvalue weighted by molar-refractivity contribution is -0.0471. The third-order valence-corrected chi connectivity index (χ3v) is 5.30. The highest BCUT2D eigenvalue weighted by Gasteiger charge is 2.40. The van der Waals surface area contributed by atoms with E-state index in [1.807, 2.05) is 0 Å². The summed E-state index contributed by atoms with van der Waals surface area (Å²) in [5.41, 5.74) is 0.156. The van der Waals surface area contributed by atoms with Crippen LogP contribution < -0.4 is 0 Å². The number of amides is 1. The van der Waals surface area contributed by atoms with E-state index in [1.165, 1.54) is 13.5 Å². The Morgan fingerprint density at radius 3 is 2.26 bits per heavy atom. The molecule has 2 fully saturated rings. The molecule has 0 radical (unpaired) electrons. The number of hydrogen-bond acceptors (Lipinski definition) is 8. The van der Waals surface area contributed by atoms with E-state index in [-0.39, 0.29) is 11.5 Å². The average molecular weight is 447 g/mol. The molecule has 2 aliphatic heterocycles. The number of nitroso groups, excluding NO2 is 1. The minimum Gasteiger partial charge on any atom is -0.453 e. The highest BCUT2D eigenvalue weighted by atomic mass is 16.5. The number of ether oxygens (including phenoxy) is 2. The van der Waals surface area contributed by atoms with E-state index in [2.05, 4.69) is 40.5 Å². The topological polar surface area (TPSA) is 94.9 Å². The number of likely N-dealkylation sites (tertiary alicyclic amines) is 1. The third kappa shape index (κ3) is 13.0. The maximum Gasteiger partial charge on any atom is 0.409 e. The quantitative estimate of drug-likeness (QED) is 0.407. The molecule has 1 N–H and O–H groups in total. The zero-order valence-corrected chi connectivity index (χ0v) is 20.5. The monoisotopic (exact) mass is 446 g/mol. The van der Waals surface area contributed by atoms with E-state index in [0.29, 0.717) is 19.7 Å². The molecule has 2 aliphatic rings. The molecule has 0 saturated carbocycles. The predicted molar refractivity (Wildman–Crippen MR) is 124 cm³/mol. The van der Waals surface area contributed by atoms with Crippen molar-refractivity contribution in [3.05, 3.63) is 4.91 Å².